The average molecular weight is 261 g/mol. The Balaban J connectivity index is 2.34. The fourth-order valence-corrected chi connectivity index (χ4v) is 2.44. The molecule has 0 spiro atoms. The lowest BCUT2D eigenvalue weighted by atomic mass is 10.1. The third kappa shape index (κ3) is 2.70. The van der Waals surface area contributed by atoms with Gasteiger partial charge in [-0.1, -0.05) is 42.8 Å². The fourth-order valence-electron chi connectivity index (χ4n) is 2.08. The van der Waals surface area contributed by atoms with Gasteiger partial charge in [0.15, 0.2) is 0 Å². The molecule has 0 radical (unpaired) electrons. The van der Waals surface area contributed by atoms with Crippen molar-refractivity contribution in [1.29, 1.82) is 0 Å². The molecular formula is C15H17ClN2. The second-order valence-corrected chi connectivity index (χ2v) is 4.81. The van der Waals surface area contributed by atoms with Gasteiger partial charge in [0, 0.05) is 17.7 Å². The second-order valence-electron chi connectivity index (χ2n) is 4.45. The monoisotopic (exact) mass is 260 g/mol. The standard InChI is InChI=1S/C15H17ClN2/c1-4-13-11(3)17-14(18-15(13)16)9-12-8-6-5-7-10(12)2/h5-8H,4,9H2,1-3H3. The second kappa shape index (κ2) is 5.49. The molecule has 0 aliphatic heterocycles. The molecule has 0 saturated heterocycles. The normalized spacial score (nSPS) is 10.7. The zero-order valence-electron chi connectivity index (χ0n) is 11.0. The lowest BCUT2D eigenvalue weighted by Gasteiger charge is -2.09. The Morgan fingerprint density at radius 2 is 1.83 bits per heavy atom. The lowest BCUT2D eigenvalue weighted by molar-refractivity contribution is 0.901. The van der Waals surface area contributed by atoms with Gasteiger partial charge >= 0.3 is 0 Å². The molecule has 94 valence electrons. The van der Waals surface area contributed by atoms with Crippen LogP contribution in [-0.2, 0) is 12.8 Å². The van der Waals surface area contributed by atoms with E-state index in [4.69, 9.17) is 11.6 Å². The van der Waals surface area contributed by atoms with Gasteiger partial charge in [-0.15, -0.1) is 0 Å². The van der Waals surface area contributed by atoms with Crippen molar-refractivity contribution in [3.05, 3.63) is 57.6 Å². The maximum absolute atomic E-state index is 6.19. The van der Waals surface area contributed by atoms with Crippen LogP contribution in [0, 0.1) is 13.8 Å². The molecule has 2 rings (SSSR count). The number of benzene rings is 1. The molecule has 1 heterocycles. The predicted molar refractivity (Wildman–Crippen MR) is 75.1 cm³/mol. The molecule has 0 fully saturated rings. The minimum Gasteiger partial charge on any atom is -0.237 e. The molecule has 0 N–H and O–H groups in total. The van der Waals surface area contributed by atoms with Crippen molar-refractivity contribution >= 4 is 11.6 Å². The minimum absolute atomic E-state index is 0.591. The summed E-state index contributed by atoms with van der Waals surface area (Å²) in [6, 6.07) is 8.29. The summed E-state index contributed by atoms with van der Waals surface area (Å²) >= 11 is 6.19. The molecule has 0 aliphatic rings. The summed E-state index contributed by atoms with van der Waals surface area (Å²) in [6.45, 7) is 6.16. The molecule has 0 bridgehead atoms. The van der Waals surface area contributed by atoms with Crippen LogP contribution < -0.4 is 0 Å². The van der Waals surface area contributed by atoms with Crippen LogP contribution in [0.4, 0.5) is 0 Å². The van der Waals surface area contributed by atoms with Crippen molar-refractivity contribution in [3.8, 4) is 0 Å². The van der Waals surface area contributed by atoms with E-state index in [0.29, 0.717) is 5.15 Å². The van der Waals surface area contributed by atoms with Gasteiger partial charge in [-0.3, -0.25) is 0 Å². The van der Waals surface area contributed by atoms with Crippen LogP contribution in [0.25, 0.3) is 0 Å². The maximum Gasteiger partial charge on any atom is 0.136 e. The van der Waals surface area contributed by atoms with E-state index in [-0.39, 0.29) is 0 Å². The van der Waals surface area contributed by atoms with Crippen LogP contribution in [0.5, 0.6) is 0 Å². The van der Waals surface area contributed by atoms with Crippen LogP contribution in [-0.4, -0.2) is 9.97 Å². The summed E-state index contributed by atoms with van der Waals surface area (Å²) in [7, 11) is 0. The summed E-state index contributed by atoms with van der Waals surface area (Å²) in [5.74, 6) is 0.795. The molecule has 0 saturated carbocycles. The van der Waals surface area contributed by atoms with Crippen molar-refractivity contribution in [2.24, 2.45) is 0 Å². The summed E-state index contributed by atoms with van der Waals surface area (Å²) < 4.78 is 0. The Bertz CT molecular complexity index is 541. The number of hydrogen-bond acceptors (Lipinski definition) is 2. The highest BCUT2D eigenvalue weighted by atomic mass is 35.5. The molecule has 18 heavy (non-hydrogen) atoms. The highest BCUT2D eigenvalue weighted by Gasteiger charge is 2.09. The first kappa shape index (κ1) is 13.0. The number of hydrogen-bond donors (Lipinski definition) is 0. The van der Waals surface area contributed by atoms with Crippen molar-refractivity contribution in [2.75, 3.05) is 0 Å². The van der Waals surface area contributed by atoms with E-state index < -0.39 is 0 Å². The molecule has 3 heteroatoms. The SMILES string of the molecule is CCc1c(C)nc(Cc2ccccc2C)nc1Cl. The van der Waals surface area contributed by atoms with E-state index in [0.717, 1.165) is 29.9 Å². The smallest absolute Gasteiger partial charge is 0.136 e. The van der Waals surface area contributed by atoms with Gasteiger partial charge in [-0.05, 0) is 31.4 Å². The zero-order chi connectivity index (χ0) is 13.1. The quantitative estimate of drug-likeness (QED) is 0.783. The third-order valence-electron chi connectivity index (χ3n) is 3.17. The summed E-state index contributed by atoms with van der Waals surface area (Å²) in [5.41, 5.74) is 4.54. The topological polar surface area (TPSA) is 25.8 Å². The largest absolute Gasteiger partial charge is 0.237 e. The van der Waals surface area contributed by atoms with Crippen molar-refractivity contribution < 1.29 is 0 Å². The molecular weight excluding hydrogens is 244 g/mol. The lowest BCUT2D eigenvalue weighted by Crippen LogP contribution is -2.04. The van der Waals surface area contributed by atoms with Gasteiger partial charge in [0.1, 0.15) is 11.0 Å². The number of halogens is 1. The van der Waals surface area contributed by atoms with Crippen LogP contribution >= 0.6 is 11.6 Å². The minimum atomic E-state index is 0.591. The van der Waals surface area contributed by atoms with Crippen LogP contribution in [0.15, 0.2) is 24.3 Å². The molecule has 1 aromatic carbocycles. The molecule has 2 nitrogen and oxygen atoms in total. The van der Waals surface area contributed by atoms with Crippen molar-refractivity contribution in [2.45, 2.75) is 33.6 Å². The Morgan fingerprint density at radius 1 is 1.11 bits per heavy atom. The van der Waals surface area contributed by atoms with E-state index in [9.17, 15) is 0 Å². The maximum atomic E-state index is 6.19. The first-order valence-electron chi connectivity index (χ1n) is 6.18. The third-order valence-corrected chi connectivity index (χ3v) is 3.49. The van der Waals surface area contributed by atoms with Crippen molar-refractivity contribution in [3.63, 3.8) is 0 Å². The molecule has 1 aromatic heterocycles. The average Bonchev–Trinajstić information content (AvgIpc) is 2.32. The van der Waals surface area contributed by atoms with E-state index in [1.807, 2.05) is 19.1 Å². The summed E-state index contributed by atoms with van der Waals surface area (Å²) in [5, 5.41) is 0.591. The number of rotatable bonds is 3. The molecule has 0 amide bonds. The highest BCUT2D eigenvalue weighted by molar-refractivity contribution is 6.30. The van der Waals surface area contributed by atoms with E-state index in [1.165, 1.54) is 11.1 Å². The van der Waals surface area contributed by atoms with Crippen LogP contribution in [0.1, 0.15) is 35.1 Å². The Labute approximate surface area is 113 Å². The Kier molecular flexibility index (Phi) is 3.97. The van der Waals surface area contributed by atoms with Crippen molar-refractivity contribution in [1.82, 2.24) is 9.97 Å². The highest BCUT2D eigenvalue weighted by Crippen LogP contribution is 2.19. The van der Waals surface area contributed by atoms with Gasteiger partial charge in [0.05, 0.1) is 0 Å². The Hall–Kier alpha value is -1.41. The van der Waals surface area contributed by atoms with E-state index in [1.54, 1.807) is 0 Å². The van der Waals surface area contributed by atoms with Gasteiger partial charge in [0.25, 0.3) is 0 Å². The van der Waals surface area contributed by atoms with Crippen LogP contribution in [0.3, 0.4) is 0 Å². The van der Waals surface area contributed by atoms with Gasteiger partial charge in [-0.2, -0.15) is 0 Å². The van der Waals surface area contributed by atoms with E-state index >= 15 is 0 Å². The fraction of sp³-hybridized carbons (Fsp3) is 0.333. The summed E-state index contributed by atoms with van der Waals surface area (Å²) in [4.78, 5) is 8.94. The Morgan fingerprint density at radius 3 is 2.44 bits per heavy atom. The molecule has 0 atom stereocenters. The molecule has 0 unspecified atom stereocenters. The number of aryl methyl sites for hydroxylation is 2. The zero-order valence-corrected chi connectivity index (χ0v) is 11.8. The molecule has 0 aliphatic carbocycles. The first-order valence-corrected chi connectivity index (χ1v) is 6.56. The van der Waals surface area contributed by atoms with Gasteiger partial charge < -0.3 is 0 Å². The summed E-state index contributed by atoms with van der Waals surface area (Å²) in [6.07, 6.45) is 1.60. The first-order chi connectivity index (χ1) is 8.61. The molecule has 2 aromatic rings. The van der Waals surface area contributed by atoms with Gasteiger partial charge in [0.2, 0.25) is 0 Å². The van der Waals surface area contributed by atoms with Gasteiger partial charge in [-0.25, -0.2) is 9.97 Å². The predicted octanol–water partition coefficient (Wildman–Crippen LogP) is 3.90. The number of nitrogens with zero attached hydrogens (tertiary/aromatic N) is 2. The number of aromatic nitrogens is 2. The van der Waals surface area contributed by atoms with E-state index in [2.05, 4.69) is 35.9 Å². The van der Waals surface area contributed by atoms with Crippen LogP contribution in [0.2, 0.25) is 5.15 Å².